The number of fused-ring (bicyclic) bond motifs is 1. The van der Waals surface area contributed by atoms with E-state index >= 15 is 0 Å². The number of ether oxygens (including phenoxy) is 3. The number of hydrogen-bond acceptors (Lipinski definition) is 5. The molecule has 3 unspecified atom stereocenters. The number of nitrogens with zero attached hydrogens (tertiary/aromatic N) is 1. The zero-order valence-corrected chi connectivity index (χ0v) is 18.4. The molecular formula is C20H30BrN3O4. The second-order valence-electron chi connectivity index (χ2n) is 7.51. The van der Waals surface area contributed by atoms with Gasteiger partial charge in [0.2, 0.25) is 0 Å². The fraction of sp³-hybridized carbons (Fsp3) is 0.650. The number of halogens is 1. The summed E-state index contributed by atoms with van der Waals surface area (Å²) in [5.74, 6) is 1.44. The van der Waals surface area contributed by atoms with Crippen molar-refractivity contribution in [3.63, 3.8) is 0 Å². The van der Waals surface area contributed by atoms with Crippen LogP contribution in [0.25, 0.3) is 0 Å². The van der Waals surface area contributed by atoms with Crippen LogP contribution in [0, 0.1) is 0 Å². The Hall–Kier alpha value is -1.51. The quantitative estimate of drug-likeness (QED) is 0.644. The van der Waals surface area contributed by atoms with Crippen molar-refractivity contribution >= 4 is 22.0 Å². The van der Waals surface area contributed by atoms with Crippen LogP contribution in [-0.2, 0) is 4.74 Å². The minimum atomic E-state index is -0.169. The minimum Gasteiger partial charge on any atom is -0.486 e. The fourth-order valence-corrected chi connectivity index (χ4v) is 4.37. The van der Waals surface area contributed by atoms with Crippen LogP contribution < -0.4 is 20.1 Å². The van der Waals surface area contributed by atoms with E-state index in [0.717, 1.165) is 41.8 Å². The first-order valence-corrected chi connectivity index (χ1v) is 10.7. The Balaban J connectivity index is 1.42. The molecule has 2 N–H and O–H groups in total. The molecule has 156 valence electrons. The monoisotopic (exact) mass is 455 g/mol. The Morgan fingerprint density at radius 2 is 1.86 bits per heavy atom. The van der Waals surface area contributed by atoms with E-state index in [1.807, 2.05) is 19.1 Å². The van der Waals surface area contributed by atoms with Crippen LogP contribution >= 0.6 is 15.9 Å². The molecule has 7 nitrogen and oxygen atoms in total. The molecule has 28 heavy (non-hydrogen) atoms. The first-order valence-electron chi connectivity index (χ1n) is 9.93. The molecular weight excluding hydrogens is 426 g/mol. The van der Waals surface area contributed by atoms with E-state index < -0.39 is 0 Å². The summed E-state index contributed by atoms with van der Waals surface area (Å²) >= 11 is 3.56. The number of carbonyl (C=O) groups is 1. The molecule has 1 aromatic carbocycles. The molecule has 0 spiro atoms. The Labute approximate surface area is 175 Å². The van der Waals surface area contributed by atoms with Gasteiger partial charge in [0.1, 0.15) is 13.2 Å². The number of amides is 2. The van der Waals surface area contributed by atoms with E-state index in [0.29, 0.717) is 25.5 Å². The lowest BCUT2D eigenvalue weighted by Gasteiger charge is -2.35. The van der Waals surface area contributed by atoms with Gasteiger partial charge < -0.3 is 24.8 Å². The van der Waals surface area contributed by atoms with E-state index in [1.54, 1.807) is 0 Å². The highest BCUT2D eigenvalue weighted by molar-refractivity contribution is 9.10. The third-order valence-corrected chi connectivity index (χ3v) is 5.59. The molecule has 0 radical (unpaired) electrons. The molecule has 1 aromatic rings. The average Bonchev–Trinajstić information content (AvgIpc) is 2.64. The molecule has 0 aliphatic carbocycles. The summed E-state index contributed by atoms with van der Waals surface area (Å²) in [4.78, 5) is 14.7. The van der Waals surface area contributed by atoms with Gasteiger partial charge in [-0.25, -0.2) is 4.79 Å². The lowest BCUT2D eigenvalue weighted by Crippen LogP contribution is -2.46. The predicted octanol–water partition coefficient (Wildman–Crippen LogP) is 3.08. The van der Waals surface area contributed by atoms with Crippen molar-refractivity contribution < 1.29 is 19.0 Å². The predicted molar refractivity (Wildman–Crippen MR) is 111 cm³/mol. The molecule has 1 fully saturated rings. The Bertz CT molecular complexity index is 678. The molecule has 3 rings (SSSR count). The summed E-state index contributed by atoms with van der Waals surface area (Å²) in [7, 11) is 0. The van der Waals surface area contributed by atoms with Crippen LogP contribution in [0.5, 0.6) is 11.5 Å². The number of benzene rings is 1. The summed E-state index contributed by atoms with van der Waals surface area (Å²) in [6.45, 7) is 10.7. The average molecular weight is 456 g/mol. The van der Waals surface area contributed by atoms with Gasteiger partial charge in [-0.15, -0.1) is 0 Å². The number of hydrogen-bond donors (Lipinski definition) is 2. The van der Waals surface area contributed by atoms with Crippen molar-refractivity contribution in [2.75, 3.05) is 39.4 Å². The summed E-state index contributed by atoms with van der Waals surface area (Å²) in [5.41, 5.74) is 0.954. The highest BCUT2D eigenvalue weighted by atomic mass is 79.9. The second-order valence-corrected chi connectivity index (χ2v) is 8.36. The SMILES string of the molecule is CC1CN(CCCNC(=O)NC(C)c2cc3c(cc2Br)OCCO3)CC(C)O1. The molecule has 2 heterocycles. The third kappa shape index (κ3) is 5.75. The fourth-order valence-electron chi connectivity index (χ4n) is 3.71. The van der Waals surface area contributed by atoms with Crippen LogP contribution in [0.1, 0.15) is 38.8 Å². The molecule has 2 aliphatic rings. The number of carbonyl (C=O) groups excluding carboxylic acids is 1. The summed E-state index contributed by atoms with van der Waals surface area (Å²) in [6, 6.07) is 3.48. The van der Waals surface area contributed by atoms with Crippen LogP contribution in [0.2, 0.25) is 0 Å². The maximum atomic E-state index is 12.3. The molecule has 1 saturated heterocycles. The largest absolute Gasteiger partial charge is 0.486 e. The van der Waals surface area contributed by atoms with E-state index in [-0.39, 0.29) is 24.3 Å². The molecule has 2 amide bonds. The first-order chi connectivity index (χ1) is 13.4. The lowest BCUT2D eigenvalue weighted by atomic mass is 10.1. The second kappa shape index (κ2) is 9.80. The van der Waals surface area contributed by atoms with E-state index in [2.05, 4.69) is 45.3 Å². The molecule has 8 heteroatoms. The molecule has 0 bridgehead atoms. The van der Waals surface area contributed by atoms with Crippen molar-refractivity contribution in [3.05, 3.63) is 22.2 Å². The van der Waals surface area contributed by atoms with E-state index in [9.17, 15) is 4.79 Å². The third-order valence-electron chi connectivity index (χ3n) is 4.91. The van der Waals surface area contributed by atoms with Gasteiger partial charge in [0.05, 0.1) is 18.2 Å². The van der Waals surface area contributed by atoms with Gasteiger partial charge in [-0.2, -0.15) is 0 Å². The van der Waals surface area contributed by atoms with Crippen molar-refractivity contribution in [1.29, 1.82) is 0 Å². The van der Waals surface area contributed by atoms with Gasteiger partial charge in [-0.3, -0.25) is 4.90 Å². The van der Waals surface area contributed by atoms with Crippen LogP contribution in [0.15, 0.2) is 16.6 Å². The summed E-state index contributed by atoms with van der Waals surface area (Å²) in [6.07, 6.45) is 1.45. The maximum absolute atomic E-state index is 12.3. The van der Waals surface area contributed by atoms with Crippen molar-refractivity contribution in [2.45, 2.75) is 45.4 Å². The van der Waals surface area contributed by atoms with Gasteiger partial charge in [-0.05, 0) is 44.9 Å². The van der Waals surface area contributed by atoms with Crippen molar-refractivity contribution in [3.8, 4) is 11.5 Å². The zero-order chi connectivity index (χ0) is 20.1. The topological polar surface area (TPSA) is 72.1 Å². The number of morpholine rings is 1. The number of urea groups is 1. The van der Waals surface area contributed by atoms with Gasteiger partial charge in [0, 0.05) is 30.7 Å². The molecule has 2 aliphatic heterocycles. The summed E-state index contributed by atoms with van der Waals surface area (Å²) in [5, 5.41) is 5.93. The van der Waals surface area contributed by atoms with Crippen molar-refractivity contribution in [2.24, 2.45) is 0 Å². The minimum absolute atomic E-state index is 0.161. The number of nitrogens with one attached hydrogen (secondary N) is 2. The highest BCUT2D eigenvalue weighted by Gasteiger charge is 2.22. The van der Waals surface area contributed by atoms with Crippen LogP contribution in [-0.4, -0.2) is 62.5 Å². The van der Waals surface area contributed by atoms with Crippen molar-refractivity contribution in [1.82, 2.24) is 15.5 Å². The summed E-state index contributed by atoms with van der Waals surface area (Å²) < 4.78 is 17.9. The van der Waals surface area contributed by atoms with Gasteiger partial charge >= 0.3 is 6.03 Å². The van der Waals surface area contributed by atoms with Gasteiger partial charge in [-0.1, -0.05) is 15.9 Å². The van der Waals surface area contributed by atoms with Gasteiger partial charge in [0.25, 0.3) is 0 Å². The highest BCUT2D eigenvalue weighted by Crippen LogP contribution is 2.37. The molecule has 0 saturated carbocycles. The Morgan fingerprint density at radius 3 is 2.54 bits per heavy atom. The van der Waals surface area contributed by atoms with E-state index in [1.165, 1.54) is 0 Å². The smallest absolute Gasteiger partial charge is 0.315 e. The van der Waals surface area contributed by atoms with E-state index in [4.69, 9.17) is 14.2 Å². The Kier molecular flexibility index (Phi) is 7.42. The normalized spacial score (nSPS) is 23.1. The molecule has 0 aromatic heterocycles. The maximum Gasteiger partial charge on any atom is 0.315 e. The number of rotatable bonds is 6. The molecule has 3 atom stereocenters. The Morgan fingerprint density at radius 1 is 1.21 bits per heavy atom. The van der Waals surface area contributed by atoms with Crippen LogP contribution in [0.3, 0.4) is 0 Å². The van der Waals surface area contributed by atoms with Gasteiger partial charge in [0.15, 0.2) is 11.5 Å². The zero-order valence-electron chi connectivity index (χ0n) is 16.8. The van der Waals surface area contributed by atoms with Crippen LogP contribution in [0.4, 0.5) is 4.79 Å². The first kappa shape index (κ1) is 21.2. The lowest BCUT2D eigenvalue weighted by molar-refractivity contribution is -0.0679. The standard InChI is InChI=1S/C20H30BrN3O4/c1-13-11-24(12-14(2)28-13)6-4-5-22-20(25)23-15(3)16-9-18-19(10-17(16)21)27-8-7-26-18/h9-10,13-15H,4-8,11-12H2,1-3H3,(H2,22,23,25).